The van der Waals surface area contributed by atoms with Gasteiger partial charge in [0.2, 0.25) is 0 Å². The Morgan fingerprint density at radius 3 is 2.60 bits per heavy atom. The van der Waals surface area contributed by atoms with Crippen molar-refractivity contribution >= 4 is 11.5 Å². The van der Waals surface area contributed by atoms with Crippen molar-refractivity contribution in [1.82, 2.24) is 19.6 Å². The van der Waals surface area contributed by atoms with Crippen molar-refractivity contribution in [2.45, 2.75) is 6.18 Å². The minimum Gasteiger partial charge on any atom is -0.384 e. The van der Waals surface area contributed by atoms with E-state index >= 15 is 0 Å². The minimum atomic E-state index is -4.42. The standard InChI is InChI=1S/C12H8F3N5/c13-12(14,15)8-1-2-10-18-19-11(20(10)6-8)7-3-4-17-9(16)5-7/h1-6H,(H2,16,17). The average Bonchev–Trinajstić information content (AvgIpc) is 2.80. The quantitative estimate of drug-likeness (QED) is 0.742. The molecule has 0 aliphatic heterocycles. The highest BCUT2D eigenvalue weighted by Gasteiger charge is 2.31. The van der Waals surface area contributed by atoms with Crippen LogP contribution in [0.4, 0.5) is 19.0 Å². The van der Waals surface area contributed by atoms with Gasteiger partial charge in [-0.15, -0.1) is 10.2 Å². The summed E-state index contributed by atoms with van der Waals surface area (Å²) < 4.78 is 39.5. The van der Waals surface area contributed by atoms with E-state index in [9.17, 15) is 13.2 Å². The van der Waals surface area contributed by atoms with Crippen molar-refractivity contribution in [3.05, 3.63) is 42.2 Å². The maximum Gasteiger partial charge on any atom is 0.417 e. The third-order valence-electron chi connectivity index (χ3n) is 2.77. The molecule has 20 heavy (non-hydrogen) atoms. The summed E-state index contributed by atoms with van der Waals surface area (Å²) in [6.07, 6.45) is -2.01. The number of hydrogen-bond donors (Lipinski definition) is 1. The van der Waals surface area contributed by atoms with Crippen LogP contribution in [0.1, 0.15) is 5.56 Å². The molecule has 8 heteroatoms. The second kappa shape index (κ2) is 4.19. The highest BCUT2D eigenvalue weighted by molar-refractivity contribution is 5.62. The van der Waals surface area contributed by atoms with E-state index in [1.54, 1.807) is 6.07 Å². The molecule has 3 heterocycles. The van der Waals surface area contributed by atoms with Crippen LogP contribution >= 0.6 is 0 Å². The molecule has 0 aliphatic rings. The lowest BCUT2D eigenvalue weighted by Gasteiger charge is -2.07. The van der Waals surface area contributed by atoms with Gasteiger partial charge in [0.25, 0.3) is 0 Å². The number of alkyl halides is 3. The van der Waals surface area contributed by atoms with E-state index in [4.69, 9.17) is 5.73 Å². The molecule has 5 nitrogen and oxygen atoms in total. The third kappa shape index (κ3) is 2.04. The first-order chi connectivity index (χ1) is 9.45. The number of nitrogen functional groups attached to an aromatic ring is 1. The van der Waals surface area contributed by atoms with Crippen molar-refractivity contribution in [2.75, 3.05) is 5.73 Å². The van der Waals surface area contributed by atoms with E-state index in [-0.39, 0.29) is 11.6 Å². The zero-order valence-electron chi connectivity index (χ0n) is 9.96. The van der Waals surface area contributed by atoms with Gasteiger partial charge in [-0.25, -0.2) is 4.98 Å². The summed E-state index contributed by atoms with van der Waals surface area (Å²) in [6, 6.07) is 5.36. The van der Waals surface area contributed by atoms with Gasteiger partial charge >= 0.3 is 6.18 Å². The summed E-state index contributed by atoms with van der Waals surface area (Å²) in [7, 11) is 0. The summed E-state index contributed by atoms with van der Waals surface area (Å²) in [4.78, 5) is 3.83. The van der Waals surface area contributed by atoms with Gasteiger partial charge in [0.05, 0.1) is 5.56 Å². The fourth-order valence-electron chi connectivity index (χ4n) is 1.84. The second-order valence-corrected chi connectivity index (χ2v) is 4.14. The number of aromatic nitrogens is 4. The van der Waals surface area contributed by atoms with E-state index in [1.807, 2.05) is 0 Å². The molecule has 0 spiro atoms. The smallest absolute Gasteiger partial charge is 0.384 e. The molecule has 0 unspecified atom stereocenters. The molecular formula is C12H8F3N5. The van der Waals surface area contributed by atoms with E-state index < -0.39 is 11.7 Å². The van der Waals surface area contributed by atoms with Crippen molar-refractivity contribution in [1.29, 1.82) is 0 Å². The molecule has 102 valence electrons. The van der Waals surface area contributed by atoms with Gasteiger partial charge in [0, 0.05) is 18.0 Å². The van der Waals surface area contributed by atoms with Gasteiger partial charge in [-0.05, 0) is 24.3 Å². The largest absolute Gasteiger partial charge is 0.417 e. The summed E-state index contributed by atoms with van der Waals surface area (Å²) in [6.45, 7) is 0. The van der Waals surface area contributed by atoms with Crippen LogP contribution in [0.2, 0.25) is 0 Å². The molecule has 0 amide bonds. The van der Waals surface area contributed by atoms with Gasteiger partial charge < -0.3 is 5.73 Å². The molecule has 0 saturated heterocycles. The minimum absolute atomic E-state index is 0.256. The Bertz CT molecular complexity index is 778. The molecule has 0 saturated carbocycles. The van der Waals surface area contributed by atoms with Crippen LogP contribution in [0.3, 0.4) is 0 Å². The number of nitrogens with zero attached hydrogens (tertiary/aromatic N) is 4. The van der Waals surface area contributed by atoms with Crippen molar-refractivity contribution < 1.29 is 13.2 Å². The summed E-state index contributed by atoms with van der Waals surface area (Å²) in [5, 5.41) is 7.72. The molecule has 0 fully saturated rings. The van der Waals surface area contributed by atoms with E-state index in [0.717, 1.165) is 12.3 Å². The SMILES string of the molecule is Nc1cc(-c2nnc3ccc(C(F)(F)F)cn23)ccn1. The zero-order chi connectivity index (χ0) is 14.3. The fraction of sp³-hybridized carbons (Fsp3) is 0.0833. The Morgan fingerprint density at radius 2 is 1.90 bits per heavy atom. The summed E-state index contributed by atoms with van der Waals surface area (Å²) in [5.74, 6) is 0.534. The van der Waals surface area contributed by atoms with Crippen LogP contribution < -0.4 is 5.73 Å². The molecule has 0 aliphatic carbocycles. The molecule has 0 aromatic carbocycles. The number of pyridine rings is 2. The van der Waals surface area contributed by atoms with Crippen LogP contribution in [-0.4, -0.2) is 19.6 Å². The maximum atomic E-state index is 12.7. The van der Waals surface area contributed by atoms with Gasteiger partial charge in [0.15, 0.2) is 11.5 Å². The molecular weight excluding hydrogens is 271 g/mol. The summed E-state index contributed by atoms with van der Waals surface area (Å²) in [5.41, 5.74) is 5.66. The Morgan fingerprint density at radius 1 is 1.10 bits per heavy atom. The number of rotatable bonds is 1. The number of fused-ring (bicyclic) bond motifs is 1. The monoisotopic (exact) mass is 279 g/mol. The van der Waals surface area contributed by atoms with Gasteiger partial charge in [-0.2, -0.15) is 13.2 Å². The molecule has 0 atom stereocenters. The Balaban J connectivity index is 2.22. The molecule has 0 radical (unpaired) electrons. The molecule has 2 N–H and O–H groups in total. The molecule has 0 bridgehead atoms. The number of hydrogen-bond acceptors (Lipinski definition) is 4. The normalized spacial score (nSPS) is 11.9. The number of nitrogens with two attached hydrogens (primary N) is 1. The highest BCUT2D eigenvalue weighted by atomic mass is 19.4. The summed E-state index contributed by atoms with van der Waals surface area (Å²) >= 11 is 0. The van der Waals surface area contributed by atoms with E-state index in [0.29, 0.717) is 11.2 Å². The Kier molecular flexibility index (Phi) is 2.60. The van der Waals surface area contributed by atoms with Crippen LogP contribution in [0.5, 0.6) is 0 Å². The topological polar surface area (TPSA) is 69.1 Å². The van der Waals surface area contributed by atoms with Gasteiger partial charge in [0.1, 0.15) is 5.82 Å². The van der Waals surface area contributed by atoms with E-state index in [1.165, 1.54) is 22.7 Å². The first kappa shape index (κ1) is 12.4. The van der Waals surface area contributed by atoms with Gasteiger partial charge in [-0.1, -0.05) is 0 Å². The molecule has 3 aromatic heterocycles. The van der Waals surface area contributed by atoms with Crippen LogP contribution in [-0.2, 0) is 6.18 Å². The highest BCUT2D eigenvalue weighted by Crippen LogP contribution is 2.30. The molecule has 3 rings (SSSR count). The third-order valence-corrected chi connectivity index (χ3v) is 2.77. The fourth-order valence-corrected chi connectivity index (χ4v) is 1.84. The lowest BCUT2D eigenvalue weighted by molar-refractivity contribution is -0.137. The second-order valence-electron chi connectivity index (χ2n) is 4.14. The average molecular weight is 279 g/mol. The van der Waals surface area contributed by atoms with E-state index in [2.05, 4.69) is 15.2 Å². The predicted octanol–water partition coefficient (Wildman–Crippen LogP) is 2.39. The molecule has 3 aromatic rings. The first-order valence-corrected chi connectivity index (χ1v) is 5.59. The Labute approximate surface area is 110 Å². The maximum absolute atomic E-state index is 12.7. The van der Waals surface area contributed by atoms with Crippen molar-refractivity contribution in [3.8, 4) is 11.4 Å². The van der Waals surface area contributed by atoms with Crippen LogP contribution in [0.15, 0.2) is 36.7 Å². The lowest BCUT2D eigenvalue weighted by atomic mass is 10.2. The number of anilines is 1. The van der Waals surface area contributed by atoms with Gasteiger partial charge in [-0.3, -0.25) is 4.40 Å². The zero-order valence-corrected chi connectivity index (χ0v) is 9.96. The first-order valence-electron chi connectivity index (χ1n) is 5.59. The van der Waals surface area contributed by atoms with Crippen molar-refractivity contribution in [3.63, 3.8) is 0 Å². The Hall–Kier alpha value is -2.64. The van der Waals surface area contributed by atoms with Crippen LogP contribution in [0.25, 0.3) is 17.0 Å². The lowest BCUT2D eigenvalue weighted by Crippen LogP contribution is -2.06. The predicted molar refractivity (Wildman–Crippen MR) is 65.6 cm³/mol. The number of halogens is 3. The van der Waals surface area contributed by atoms with Crippen LogP contribution in [0, 0.1) is 0 Å². The van der Waals surface area contributed by atoms with Crippen molar-refractivity contribution in [2.24, 2.45) is 0 Å².